The molecule has 0 atom stereocenters. The number of benzene rings is 2. The molecule has 0 aliphatic carbocycles. The number of hydrogen-bond acceptors (Lipinski definition) is 3. The van der Waals surface area contributed by atoms with Crippen LogP contribution in [0.2, 0.25) is 5.02 Å². The predicted octanol–water partition coefficient (Wildman–Crippen LogP) is 3.77. The van der Waals surface area contributed by atoms with E-state index in [-0.39, 0.29) is 4.90 Å². The quantitative estimate of drug-likeness (QED) is 0.735. The molecule has 0 saturated carbocycles. The zero-order valence-electron chi connectivity index (χ0n) is 12.3. The minimum Gasteiger partial charge on any atom is -0.380 e. The van der Waals surface area contributed by atoms with Crippen molar-refractivity contribution in [3.05, 3.63) is 59.2 Å². The Bertz CT molecular complexity index is 934. The van der Waals surface area contributed by atoms with Crippen LogP contribution in [0.4, 0.5) is 5.69 Å². The third-order valence-corrected chi connectivity index (χ3v) is 5.07. The fourth-order valence-electron chi connectivity index (χ4n) is 2.34. The first-order valence-corrected chi connectivity index (χ1v) is 8.73. The Morgan fingerprint density at radius 3 is 2.61 bits per heavy atom. The Balaban J connectivity index is 1.91. The second-order valence-corrected chi connectivity index (χ2v) is 7.17. The molecule has 0 radical (unpaired) electrons. The minimum atomic E-state index is -3.69. The van der Waals surface area contributed by atoms with Gasteiger partial charge in [-0.05, 0) is 35.9 Å². The summed E-state index contributed by atoms with van der Waals surface area (Å²) in [5.74, 6) is 0. The number of aromatic nitrogens is 1. The maximum absolute atomic E-state index is 12.6. The Hall–Kier alpha value is -2.02. The molecule has 2 N–H and O–H groups in total. The summed E-state index contributed by atoms with van der Waals surface area (Å²) >= 11 is 5.92. The van der Waals surface area contributed by atoms with Crippen LogP contribution in [-0.4, -0.2) is 20.5 Å². The highest BCUT2D eigenvalue weighted by atomic mass is 35.5. The van der Waals surface area contributed by atoms with Gasteiger partial charge in [0.15, 0.2) is 0 Å². The average Bonchev–Trinajstić information content (AvgIpc) is 2.93. The molecule has 120 valence electrons. The van der Waals surface area contributed by atoms with E-state index in [0.717, 1.165) is 5.56 Å². The summed E-state index contributed by atoms with van der Waals surface area (Å²) in [5.41, 5.74) is 2.14. The number of hydrogen-bond donors (Lipinski definition) is 2. The molecule has 0 bridgehead atoms. The fraction of sp³-hybridized carbons (Fsp3) is 0.125. The van der Waals surface area contributed by atoms with E-state index in [0.29, 0.717) is 28.2 Å². The van der Waals surface area contributed by atoms with Gasteiger partial charge in [-0.2, -0.15) is 0 Å². The summed E-state index contributed by atoms with van der Waals surface area (Å²) in [6.07, 6.45) is 1.46. The van der Waals surface area contributed by atoms with Gasteiger partial charge in [-0.3, -0.25) is 4.72 Å². The molecule has 0 aliphatic heterocycles. The van der Waals surface area contributed by atoms with Gasteiger partial charge < -0.3 is 9.72 Å². The van der Waals surface area contributed by atoms with E-state index < -0.39 is 10.0 Å². The molecule has 1 heterocycles. The Kier molecular flexibility index (Phi) is 4.30. The molecule has 7 heteroatoms. The Morgan fingerprint density at radius 1 is 1.17 bits per heavy atom. The highest BCUT2D eigenvalue weighted by molar-refractivity contribution is 7.93. The molecule has 5 nitrogen and oxygen atoms in total. The molecule has 0 saturated heterocycles. The van der Waals surface area contributed by atoms with Crippen LogP contribution in [0.15, 0.2) is 53.6 Å². The second kappa shape index (κ2) is 6.23. The number of methoxy groups -OCH3 is 1. The third-order valence-electron chi connectivity index (χ3n) is 3.41. The lowest BCUT2D eigenvalue weighted by Gasteiger charge is -2.08. The maximum atomic E-state index is 12.6. The summed E-state index contributed by atoms with van der Waals surface area (Å²) in [6.45, 7) is 0.482. The number of rotatable bonds is 5. The van der Waals surface area contributed by atoms with Crippen LogP contribution in [0.1, 0.15) is 5.56 Å². The van der Waals surface area contributed by atoms with Crippen LogP contribution in [0.3, 0.4) is 0 Å². The van der Waals surface area contributed by atoms with Gasteiger partial charge in [0, 0.05) is 34.9 Å². The van der Waals surface area contributed by atoms with Crippen molar-refractivity contribution in [2.45, 2.75) is 11.5 Å². The number of aromatic amines is 1. The van der Waals surface area contributed by atoms with E-state index in [1.54, 1.807) is 37.4 Å². The van der Waals surface area contributed by atoms with Gasteiger partial charge in [0.1, 0.15) is 4.90 Å². The molecule has 0 amide bonds. The van der Waals surface area contributed by atoms with E-state index in [4.69, 9.17) is 16.3 Å². The normalized spacial score (nSPS) is 11.7. The first-order chi connectivity index (χ1) is 11.0. The zero-order chi connectivity index (χ0) is 16.4. The number of nitrogens with one attached hydrogen (secondary N) is 2. The SMILES string of the molecule is COCc1ccc(NS(=O)(=O)c2c[nH]c3cc(Cl)ccc23)cc1. The number of halogens is 1. The van der Waals surface area contributed by atoms with Crippen LogP contribution in [-0.2, 0) is 21.4 Å². The topological polar surface area (TPSA) is 71.2 Å². The smallest absolute Gasteiger partial charge is 0.264 e. The monoisotopic (exact) mass is 350 g/mol. The van der Waals surface area contributed by atoms with Crippen LogP contribution in [0, 0.1) is 0 Å². The summed E-state index contributed by atoms with van der Waals surface area (Å²) in [6, 6.07) is 12.1. The van der Waals surface area contributed by atoms with Crippen molar-refractivity contribution in [1.29, 1.82) is 0 Å². The minimum absolute atomic E-state index is 0.185. The average molecular weight is 351 g/mol. The van der Waals surface area contributed by atoms with Crippen molar-refractivity contribution >= 4 is 38.2 Å². The molecule has 3 rings (SSSR count). The summed E-state index contributed by atoms with van der Waals surface area (Å²) < 4.78 is 32.8. The summed E-state index contributed by atoms with van der Waals surface area (Å²) in [5, 5.41) is 1.14. The maximum Gasteiger partial charge on any atom is 0.264 e. The van der Waals surface area contributed by atoms with E-state index in [1.807, 2.05) is 12.1 Å². The number of anilines is 1. The molecular formula is C16H15ClN2O3S. The number of fused-ring (bicyclic) bond motifs is 1. The van der Waals surface area contributed by atoms with Gasteiger partial charge in [-0.1, -0.05) is 23.7 Å². The highest BCUT2D eigenvalue weighted by Gasteiger charge is 2.19. The Labute approximate surface area is 139 Å². The van der Waals surface area contributed by atoms with Crippen LogP contribution >= 0.6 is 11.6 Å². The van der Waals surface area contributed by atoms with E-state index in [9.17, 15) is 8.42 Å². The van der Waals surface area contributed by atoms with Crippen molar-refractivity contribution in [2.75, 3.05) is 11.8 Å². The first-order valence-electron chi connectivity index (χ1n) is 6.87. The second-order valence-electron chi connectivity index (χ2n) is 5.08. The van der Waals surface area contributed by atoms with Crippen LogP contribution in [0.5, 0.6) is 0 Å². The van der Waals surface area contributed by atoms with Crippen LogP contribution < -0.4 is 4.72 Å². The summed E-state index contributed by atoms with van der Waals surface area (Å²) in [4.78, 5) is 3.11. The predicted molar refractivity (Wildman–Crippen MR) is 91.3 cm³/mol. The van der Waals surface area contributed by atoms with Gasteiger partial charge in [0.2, 0.25) is 0 Å². The van der Waals surface area contributed by atoms with E-state index in [1.165, 1.54) is 6.20 Å². The highest BCUT2D eigenvalue weighted by Crippen LogP contribution is 2.27. The van der Waals surface area contributed by atoms with Gasteiger partial charge in [-0.15, -0.1) is 0 Å². The first kappa shape index (κ1) is 15.9. The van der Waals surface area contributed by atoms with Crippen molar-refractivity contribution < 1.29 is 13.2 Å². The molecule has 3 aromatic rings. The molecule has 0 aliphatic rings. The summed E-state index contributed by atoms with van der Waals surface area (Å²) in [7, 11) is -2.08. The standard InChI is InChI=1S/C16H15ClN2O3S/c1-22-10-11-2-5-13(6-3-11)19-23(20,21)16-9-18-15-8-12(17)4-7-14(15)16/h2-9,18-19H,10H2,1H3. The van der Waals surface area contributed by atoms with Crippen molar-refractivity contribution in [3.63, 3.8) is 0 Å². The van der Waals surface area contributed by atoms with Gasteiger partial charge in [0.25, 0.3) is 10.0 Å². The molecular weight excluding hydrogens is 336 g/mol. The van der Waals surface area contributed by atoms with Crippen molar-refractivity contribution in [1.82, 2.24) is 4.98 Å². The largest absolute Gasteiger partial charge is 0.380 e. The lowest BCUT2D eigenvalue weighted by molar-refractivity contribution is 0.185. The molecule has 0 unspecified atom stereocenters. The molecule has 2 aromatic carbocycles. The fourth-order valence-corrected chi connectivity index (χ4v) is 3.75. The van der Waals surface area contributed by atoms with Crippen molar-refractivity contribution in [2.24, 2.45) is 0 Å². The molecule has 1 aromatic heterocycles. The van der Waals surface area contributed by atoms with Crippen LogP contribution in [0.25, 0.3) is 10.9 Å². The van der Waals surface area contributed by atoms with Gasteiger partial charge in [-0.25, -0.2) is 8.42 Å². The Morgan fingerprint density at radius 2 is 1.91 bits per heavy atom. The third kappa shape index (κ3) is 3.34. The molecule has 23 heavy (non-hydrogen) atoms. The zero-order valence-corrected chi connectivity index (χ0v) is 13.9. The lowest BCUT2D eigenvalue weighted by Crippen LogP contribution is -2.12. The number of sulfonamides is 1. The van der Waals surface area contributed by atoms with Gasteiger partial charge in [0.05, 0.1) is 6.61 Å². The number of ether oxygens (including phenoxy) is 1. The number of H-pyrrole nitrogens is 1. The molecule has 0 fully saturated rings. The van der Waals surface area contributed by atoms with E-state index in [2.05, 4.69) is 9.71 Å². The molecule has 0 spiro atoms. The lowest BCUT2D eigenvalue weighted by atomic mass is 10.2. The van der Waals surface area contributed by atoms with Crippen molar-refractivity contribution in [3.8, 4) is 0 Å². The van der Waals surface area contributed by atoms with Gasteiger partial charge >= 0.3 is 0 Å². The van der Waals surface area contributed by atoms with E-state index >= 15 is 0 Å².